The van der Waals surface area contributed by atoms with Gasteiger partial charge in [0.2, 0.25) is 0 Å². The molecular weight excluding hydrogens is 765 g/mol. The SMILES string of the molecule is C=C/C(=C\C=C(/C)n1c2cc3ccccc3cc2c2c3ccccc3c3c4ccc5ccccc5c4oc3c21)C(CC(/C=C\C)CN=CC)=Nc1sc2ccccc2c1NC. The monoisotopic (exact) mass is 810 g/mol. The summed E-state index contributed by atoms with van der Waals surface area (Å²) in [4.78, 5) is 10.1. The molecule has 0 aliphatic heterocycles. The minimum absolute atomic E-state index is 0.164. The number of benzene rings is 7. The van der Waals surface area contributed by atoms with Crippen molar-refractivity contribution in [2.24, 2.45) is 15.9 Å². The number of hydrogen-bond acceptors (Lipinski definition) is 5. The zero-order valence-electron chi connectivity index (χ0n) is 34.9. The van der Waals surface area contributed by atoms with E-state index in [1.54, 1.807) is 11.3 Å². The third-order valence-electron chi connectivity index (χ3n) is 12.0. The van der Waals surface area contributed by atoms with Gasteiger partial charge in [-0.3, -0.25) is 4.99 Å². The van der Waals surface area contributed by atoms with E-state index in [0.29, 0.717) is 13.0 Å². The standard InChI is InChI=1S/C55H46N4OS/c1-6-17-35(33-57-8-3)30-46(58-55-51(56-5)43-24-15-16-25-48(43)61-55)36(7-2)27-26-34(4)59-47-32-39-20-10-9-19-38(39)31-45(47)49-41-22-13-14-23-42(41)50-44-29-28-37-18-11-12-21-40(37)53(44)60-54(50)52(49)59/h6-29,31-32,35,56H,2,30,33H2,1,3-5H3/b17-6-,34-26+,36-27+,57-8?,58-46?. The molecule has 1 unspecified atom stereocenters. The highest BCUT2D eigenvalue weighted by Crippen LogP contribution is 2.48. The number of fused-ring (bicyclic) bond motifs is 14. The summed E-state index contributed by atoms with van der Waals surface area (Å²) in [6.45, 7) is 11.3. The second-order valence-electron chi connectivity index (χ2n) is 15.6. The summed E-state index contributed by atoms with van der Waals surface area (Å²) in [5, 5.41) is 17.3. The van der Waals surface area contributed by atoms with Crippen molar-refractivity contribution in [1.29, 1.82) is 0 Å². The zero-order chi connectivity index (χ0) is 41.6. The second-order valence-corrected chi connectivity index (χ2v) is 16.7. The smallest absolute Gasteiger partial charge is 0.160 e. The topological polar surface area (TPSA) is 54.8 Å². The van der Waals surface area contributed by atoms with Gasteiger partial charge >= 0.3 is 0 Å². The molecule has 10 aromatic rings. The molecule has 0 amide bonds. The fourth-order valence-electron chi connectivity index (χ4n) is 9.23. The van der Waals surface area contributed by atoms with E-state index in [1.165, 1.54) is 42.4 Å². The summed E-state index contributed by atoms with van der Waals surface area (Å²) in [5.41, 5.74) is 8.00. The number of rotatable bonds is 11. The molecule has 0 saturated carbocycles. The summed E-state index contributed by atoms with van der Waals surface area (Å²) < 4.78 is 10.8. The van der Waals surface area contributed by atoms with Gasteiger partial charge in [-0.2, -0.15) is 0 Å². The molecule has 5 nitrogen and oxygen atoms in total. The summed E-state index contributed by atoms with van der Waals surface area (Å²) in [6.07, 6.45) is 13.3. The van der Waals surface area contributed by atoms with E-state index in [9.17, 15) is 0 Å². The van der Waals surface area contributed by atoms with Gasteiger partial charge in [0.15, 0.2) is 5.58 Å². The van der Waals surface area contributed by atoms with Crippen LogP contribution in [0.3, 0.4) is 0 Å². The Balaban J connectivity index is 1.25. The number of anilines is 1. The van der Waals surface area contributed by atoms with Gasteiger partial charge in [0.25, 0.3) is 0 Å². The first-order chi connectivity index (χ1) is 30.0. The van der Waals surface area contributed by atoms with Crippen LogP contribution in [-0.2, 0) is 0 Å². The lowest BCUT2D eigenvalue weighted by atomic mass is 9.96. The van der Waals surface area contributed by atoms with Crippen molar-refractivity contribution in [2.75, 3.05) is 18.9 Å². The first kappa shape index (κ1) is 38.2. The lowest BCUT2D eigenvalue weighted by Crippen LogP contribution is -2.11. The summed E-state index contributed by atoms with van der Waals surface area (Å²) >= 11 is 1.70. The van der Waals surface area contributed by atoms with Crippen LogP contribution in [0.2, 0.25) is 0 Å². The van der Waals surface area contributed by atoms with Gasteiger partial charge in [-0.15, -0.1) is 11.3 Å². The van der Waals surface area contributed by atoms with Crippen molar-refractivity contribution in [3.05, 3.63) is 164 Å². The van der Waals surface area contributed by atoms with Crippen molar-refractivity contribution in [3.63, 3.8) is 0 Å². The largest absolute Gasteiger partial charge is 0.453 e. The maximum atomic E-state index is 7.18. The molecular formula is C55H46N4OS. The average molecular weight is 811 g/mol. The third-order valence-corrected chi connectivity index (χ3v) is 13.1. The third kappa shape index (κ3) is 6.46. The summed E-state index contributed by atoms with van der Waals surface area (Å²) in [5.74, 6) is 0.164. The minimum atomic E-state index is 0.164. The van der Waals surface area contributed by atoms with Gasteiger partial charge in [0.1, 0.15) is 10.6 Å². The number of furan rings is 1. The van der Waals surface area contributed by atoms with E-state index in [4.69, 9.17) is 9.41 Å². The van der Waals surface area contributed by atoms with Crippen molar-refractivity contribution in [3.8, 4) is 0 Å². The van der Waals surface area contributed by atoms with Crippen LogP contribution in [0.4, 0.5) is 10.7 Å². The van der Waals surface area contributed by atoms with Crippen LogP contribution in [0.25, 0.3) is 91.8 Å². The lowest BCUT2D eigenvalue weighted by molar-refractivity contribution is 0.675. The van der Waals surface area contributed by atoms with E-state index in [1.807, 2.05) is 26.3 Å². The van der Waals surface area contributed by atoms with E-state index < -0.39 is 0 Å². The van der Waals surface area contributed by atoms with E-state index in [2.05, 4.69) is 181 Å². The Morgan fingerprint density at radius 3 is 2.18 bits per heavy atom. The average Bonchev–Trinajstić information content (AvgIpc) is 3.97. The molecule has 10 rings (SSSR count). The van der Waals surface area contributed by atoms with Gasteiger partial charge in [-0.1, -0.05) is 128 Å². The highest BCUT2D eigenvalue weighted by atomic mass is 32.1. The molecule has 0 fully saturated rings. The number of allylic oxidation sites excluding steroid dienone is 6. The normalized spacial score (nSPS) is 13.9. The predicted molar refractivity (Wildman–Crippen MR) is 268 cm³/mol. The molecule has 7 aromatic carbocycles. The molecule has 0 saturated heterocycles. The van der Waals surface area contributed by atoms with Crippen molar-refractivity contribution in [2.45, 2.75) is 27.2 Å². The molecule has 0 aliphatic carbocycles. The number of aromatic nitrogens is 1. The van der Waals surface area contributed by atoms with Crippen LogP contribution in [0.5, 0.6) is 0 Å². The number of nitrogens with one attached hydrogen (secondary N) is 1. The minimum Gasteiger partial charge on any atom is -0.453 e. The van der Waals surface area contributed by atoms with E-state index >= 15 is 0 Å². The number of hydrogen-bond donors (Lipinski definition) is 1. The van der Waals surface area contributed by atoms with E-state index in [-0.39, 0.29) is 5.92 Å². The Hall–Kier alpha value is -7.02. The fraction of sp³-hybridized carbons (Fsp3) is 0.127. The van der Waals surface area contributed by atoms with Crippen LogP contribution in [0.15, 0.2) is 178 Å². The zero-order valence-corrected chi connectivity index (χ0v) is 35.7. The molecule has 6 heteroatoms. The molecule has 0 spiro atoms. The first-order valence-electron chi connectivity index (χ1n) is 21.0. The number of nitrogens with zero attached hydrogens (tertiary/aromatic N) is 3. The molecule has 61 heavy (non-hydrogen) atoms. The van der Waals surface area contributed by atoms with Crippen LogP contribution < -0.4 is 5.32 Å². The van der Waals surface area contributed by atoms with Gasteiger partial charge in [-0.25, -0.2) is 4.99 Å². The maximum Gasteiger partial charge on any atom is 0.160 e. The Morgan fingerprint density at radius 1 is 0.754 bits per heavy atom. The second kappa shape index (κ2) is 15.9. The molecule has 3 heterocycles. The molecule has 3 aromatic heterocycles. The van der Waals surface area contributed by atoms with Crippen LogP contribution >= 0.6 is 11.3 Å². The first-order valence-corrected chi connectivity index (χ1v) is 21.8. The molecule has 298 valence electrons. The quantitative estimate of drug-likeness (QED) is 0.0804. The van der Waals surface area contributed by atoms with Crippen LogP contribution in [-0.4, -0.2) is 30.1 Å². The summed E-state index contributed by atoms with van der Waals surface area (Å²) in [7, 11) is 1.97. The Labute approximate surface area is 359 Å². The number of thiophene rings is 1. The van der Waals surface area contributed by atoms with E-state index in [0.717, 1.165) is 71.4 Å². The fourth-order valence-corrected chi connectivity index (χ4v) is 10.3. The highest BCUT2D eigenvalue weighted by molar-refractivity contribution is 7.23. The Kier molecular flexibility index (Phi) is 9.94. The molecule has 0 aliphatic rings. The molecule has 0 radical (unpaired) electrons. The van der Waals surface area contributed by atoms with Crippen molar-refractivity contribution < 1.29 is 4.42 Å². The lowest BCUT2D eigenvalue weighted by Gasteiger charge is -2.14. The van der Waals surface area contributed by atoms with Crippen molar-refractivity contribution >= 4 is 126 Å². The number of aliphatic imine (C=N–C) groups is 2. The molecule has 0 bridgehead atoms. The van der Waals surface area contributed by atoms with Crippen LogP contribution in [0.1, 0.15) is 27.2 Å². The van der Waals surface area contributed by atoms with Gasteiger partial charge in [0.05, 0.1) is 16.7 Å². The Bertz CT molecular complexity index is 3530. The maximum absolute atomic E-state index is 7.18. The van der Waals surface area contributed by atoms with Crippen molar-refractivity contribution in [1.82, 2.24) is 4.57 Å². The predicted octanol–water partition coefficient (Wildman–Crippen LogP) is 15.8. The Morgan fingerprint density at radius 2 is 1.44 bits per heavy atom. The van der Waals surface area contributed by atoms with Gasteiger partial charge < -0.3 is 14.3 Å². The molecule has 1 atom stereocenters. The highest BCUT2D eigenvalue weighted by Gasteiger charge is 2.24. The summed E-state index contributed by atoms with van der Waals surface area (Å²) in [6, 6.07) is 43.6. The van der Waals surface area contributed by atoms with Gasteiger partial charge in [0, 0.05) is 67.9 Å². The van der Waals surface area contributed by atoms with Crippen LogP contribution in [0, 0.1) is 5.92 Å². The molecule has 1 N–H and O–H groups in total. The van der Waals surface area contributed by atoms with Gasteiger partial charge in [-0.05, 0) is 96.3 Å².